The molecule has 0 aromatic carbocycles. The second-order valence-electron chi connectivity index (χ2n) is 7.05. The maximum Gasteiger partial charge on any atom is 0.286 e. The molecule has 2 amide bonds. The highest BCUT2D eigenvalue weighted by Crippen LogP contribution is 2.41. The Hall–Kier alpha value is -1.82. The van der Waals surface area contributed by atoms with Crippen LogP contribution < -0.4 is 5.32 Å². The highest BCUT2D eigenvalue weighted by Gasteiger charge is 2.49. The molecule has 23 heavy (non-hydrogen) atoms. The Balaban J connectivity index is 1.31. The van der Waals surface area contributed by atoms with E-state index in [1.54, 1.807) is 12.1 Å². The number of amides is 2. The minimum absolute atomic E-state index is 0.124. The Morgan fingerprint density at radius 3 is 2.91 bits per heavy atom. The SMILES string of the molecule is C[C@@H]1C[C@H]1C(=O)N1C[C@@H]2[C@@H](CNC(=O)c3ccco3)CO[C@@H]2C1. The lowest BCUT2D eigenvalue weighted by Gasteiger charge is -2.20. The summed E-state index contributed by atoms with van der Waals surface area (Å²) in [6.07, 6.45) is 2.63. The molecule has 0 unspecified atom stereocenters. The van der Waals surface area contributed by atoms with Gasteiger partial charge in [-0.1, -0.05) is 6.92 Å². The van der Waals surface area contributed by atoms with E-state index < -0.39 is 0 Å². The number of carbonyl (C=O) groups excluding carboxylic acids is 2. The molecule has 4 rings (SSSR count). The predicted molar refractivity (Wildman–Crippen MR) is 81.6 cm³/mol. The van der Waals surface area contributed by atoms with Crippen molar-refractivity contribution in [3.63, 3.8) is 0 Å². The van der Waals surface area contributed by atoms with Gasteiger partial charge in [-0.3, -0.25) is 9.59 Å². The Morgan fingerprint density at radius 2 is 2.22 bits per heavy atom. The van der Waals surface area contributed by atoms with Crippen molar-refractivity contribution < 1.29 is 18.7 Å². The third-order valence-corrected chi connectivity index (χ3v) is 5.45. The lowest BCUT2D eigenvalue weighted by molar-refractivity contribution is -0.132. The number of hydrogen-bond acceptors (Lipinski definition) is 4. The molecule has 124 valence electrons. The van der Waals surface area contributed by atoms with Gasteiger partial charge in [0.2, 0.25) is 5.91 Å². The van der Waals surface area contributed by atoms with E-state index in [0.29, 0.717) is 37.3 Å². The van der Waals surface area contributed by atoms with Gasteiger partial charge in [-0.05, 0) is 24.5 Å². The molecule has 2 aliphatic heterocycles. The Kier molecular flexibility index (Phi) is 3.64. The van der Waals surface area contributed by atoms with Gasteiger partial charge in [0.1, 0.15) is 0 Å². The van der Waals surface area contributed by atoms with Crippen molar-refractivity contribution in [1.82, 2.24) is 10.2 Å². The van der Waals surface area contributed by atoms with Crippen molar-refractivity contribution >= 4 is 11.8 Å². The maximum atomic E-state index is 12.4. The quantitative estimate of drug-likeness (QED) is 0.903. The summed E-state index contributed by atoms with van der Waals surface area (Å²) in [6, 6.07) is 3.35. The molecule has 1 aromatic heterocycles. The average Bonchev–Trinajstić information content (AvgIpc) is 2.99. The number of nitrogens with one attached hydrogen (secondary N) is 1. The van der Waals surface area contributed by atoms with Crippen molar-refractivity contribution in [2.24, 2.45) is 23.7 Å². The Labute approximate surface area is 135 Å². The molecule has 5 atom stereocenters. The third-order valence-electron chi connectivity index (χ3n) is 5.45. The number of carbonyl (C=O) groups is 2. The first kappa shape index (κ1) is 14.8. The zero-order chi connectivity index (χ0) is 16.0. The van der Waals surface area contributed by atoms with E-state index in [-0.39, 0.29) is 29.8 Å². The van der Waals surface area contributed by atoms with Gasteiger partial charge in [-0.15, -0.1) is 0 Å². The maximum absolute atomic E-state index is 12.4. The van der Waals surface area contributed by atoms with Crippen LogP contribution in [0.2, 0.25) is 0 Å². The monoisotopic (exact) mass is 318 g/mol. The van der Waals surface area contributed by atoms with Crippen LogP contribution in [-0.4, -0.2) is 49.1 Å². The smallest absolute Gasteiger partial charge is 0.286 e. The second kappa shape index (κ2) is 5.67. The van der Waals surface area contributed by atoms with E-state index in [1.165, 1.54) is 6.26 Å². The summed E-state index contributed by atoms with van der Waals surface area (Å²) in [7, 11) is 0. The van der Waals surface area contributed by atoms with Crippen LogP contribution in [0.5, 0.6) is 0 Å². The van der Waals surface area contributed by atoms with E-state index >= 15 is 0 Å². The van der Waals surface area contributed by atoms with E-state index in [0.717, 1.165) is 13.0 Å². The van der Waals surface area contributed by atoms with E-state index in [1.807, 2.05) is 4.90 Å². The summed E-state index contributed by atoms with van der Waals surface area (Å²) < 4.78 is 10.9. The van der Waals surface area contributed by atoms with Crippen LogP contribution in [0.1, 0.15) is 23.9 Å². The van der Waals surface area contributed by atoms with Crippen molar-refractivity contribution in [2.45, 2.75) is 19.4 Å². The normalized spacial score (nSPS) is 35.2. The van der Waals surface area contributed by atoms with Crippen LogP contribution in [0.3, 0.4) is 0 Å². The number of fused-ring (bicyclic) bond motifs is 1. The molecule has 1 aliphatic carbocycles. The van der Waals surface area contributed by atoms with E-state index in [4.69, 9.17) is 9.15 Å². The molecule has 6 nitrogen and oxygen atoms in total. The van der Waals surface area contributed by atoms with Crippen LogP contribution in [-0.2, 0) is 9.53 Å². The highest BCUT2D eigenvalue weighted by atomic mass is 16.5. The van der Waals surface area contributed by atoms with Gasteiger partial charge in [0, 0.05) is 37.4 Å². The van der Waals surface area contributed by atoms with Crippen molar-refractivity contribution in [3.8, 4) is 0 Å². The van der Waals surface area contributed by atoms with Crippen molar-refractivity contribution in [1.29, 1.82) is 0 Å². The average molecular weight is 318 g/mol. The van der Waals surface area contributed by atoms with Crippen molar-refractivity contribution in [3.05, 3.63) is 24.2 Å². The van der Waals surface area contributed by atoms with Gasteiger partial charge in [-0.25, -0.2) is 0 Å². The largest absolute Gasteiger partial charge is 0.459 e. The topological polar surface area (TPSA) is 71.8 Å². The molecule has 3 heterocycles. The zero-order valence-corrected chi connectivity index (χ0v) is 13.2. The van der Waals surface area contributed by atoms with Gasteiger partial charge in [-0.2, -0.15) is 0 Å². The third kappa shape index (κ3) is 2.76. The standard InChI is InChI=1S/C17H22N2O4/c1-10-5-12(10)17(21)19-7-13-11(9-23-15(13)8-19)6-18-16(20)14-3-2-4-22-14/h2-4,10-13,15H,5-9H2,1H3,(H,18,20)/t10-,11+,12-,13-,15-/m1/s1. The van der Waals surface area contributed by atoms with Crippen LogP contribution in [0.25, 0.3) is 0 Å². The molecule has 0 radical (unpaired) electrons. The second-order valence-corrected chi connectivity index (χ2v) is 7.05. The molecule has 2 saturated heterocycles. The molecule has 3 aliphatic rings. The van der Waals surface area contributed by atoms with Crippen LogP contribution in [0.15, 0.2) is 22.8 Å². The fourth-order valence-electron chi connectivity index (χ4n) is 3.81. The molecule has 0 bridgehead atoms. The molecule has 1 saturated carbocycles. The number of rotatable bonds is 4. The lowest BCUT2D eigenvalue weighted by atomic mass is 9.93. The Bertz CT molecular complexity index is 600. The number of nitrogens with zero attached hydrogens (tertiary/aromatic N) is 1. The minimum Gasteiger partial charge on any atom is -0.459 e. The van der Waals surface area contributed by atoms with Crippen LogP contribution in [0, 0.1) is 23.7 Å². The van der Waals surface area contributed by atoms with E-state index in [2.05, 4.69) is 12.2 Å². The zero-order valence-electron chi connectivity index (χ0n) is 13.2. The van der Waals surface area contributed by atoms with Crippen molar-refractivity contribution in [2.75, 3.05) is 26.2 Å². The molecule has 1 aromatic rings. The summed E-state index contributed by atoms with van der Waals surface area (Å²) in [6.45, 7) is 4.80. The number of furan rings is 1. The van der Waals surface area contributed by atoms with Gasteiger partial charge < -0.3 is 19.4 Å². The summed E-state index contributed by atoms with van der Waals surface area (Å²) in [4.78, 5) is 26.3. The first-order valence-electron chi connectivity index (χ1n) is 8.35. The summed E-state index contributed by atoms with van der Waals surface area (Å²) in [5.74, 6) is 1.76. The van der Waals surface area contributed by atoms with Crippen LogP contribution in [0.4, 0.5) is 0 Å². The summed E-state index contributed by atoms with van der Waals surface area (Å²) in [5, 5.41) is 2.91. The van der Waals surface area contributed by atoms with Gasteiger partial charge >= 0.3 is 0 Å². The minimum atomic E-state index is -0.198. The summed E-state index contributed by atoms with van der Waals surface area (Å²) in [5.41, 5.74) is 0. The first-order valence-corrected chi connectivity index (χ1v) is 8.35. The van der Waals surface area contributed by atoms with Gasteiger partial charge in [0.05, 0.1) is 19.0 Å². The molecule has 1 N–H and O–H groups in total. The summed E-state index contributed by atoms with van der Waals surface area (Å²) >= 11 is 0. The van der Waals surface area contributed by atoms with E-state index in [9.17, 15) is 9.59 Å². The molecule has 3 fully saturated rings. The Morgan fingerprint density at radius 1 is 1.39 bits per heavy atom. The fourth-order valence-corrected chi connectivity index (χ4v) is 3.81. The number of hydrogen-bond donors (Lipinski definition) is 1. The van der Waals surface area contributed by atoms with Gasteiger partial charge in [0.25, 0.3) is 5.91 Å². The van der Waals surface area contributed by atoms with Crippen LogP contribution >= 0.6 is 0 Å². The molecule has 6 heteroatoms. The predicted octanol–water partition coefficient (Wildman–Crippen LogP) is 1.14. The first-order chi connectivity index (χ1) is 11.1. The number of ether oxygens (including phenoxy) is 1. The highest BCUT2D eigenvalue weighted by molar-refractivity contribution is 5.91. The van der Waals surface area contributed by atoms with Gasteiger partial charge in [0.15, 0.2) is 5.76 Å². The molecule has 0 spiro atoms. The lowest BCUT2D eigenvalue weighted by Crippen LogP contribution is -2.35. The molecular weight excluding hydrogens is 296 g/mol. The fraction of sp³-hybridized carbons (Fsp3) is 0.647. The molecular formula is C17H22N2O4. The number of likely N-dealkylation sites (tertiary alicyclic amines) is 1.